The van der Waals surface area contributed by atoms with Crippen molar-refractivity contribution in [3.8, 4) is 0 Å². The number of rotatable bonds is 3. The Hall–Kier alpha value is -2.94. The van der Waals surface area contributed by atoms with E-state index in [0.717, 1.165) is 10.5 Å². The molecule has 9 heteroatoms. The largest absolute Gasteiger partial charge is 0.444 e. The number of carbonyl (C=O) groups is 3. The van der Waals surface area contributed by atoms with Crippen LogP contribution in [0.1, 0.15) is 55.0 Å². The van der Waals surface area contributed by atoms with Crippen molar-refractivity contribution in [1.82, 2.24) is 14.5 Å². The summed E-state index contributed by atoms with van der Waals surface area (Å²) in [4.78, 5) is 43.8. The highest BCUT2D eigenvalue weighted by Gasteiger charge is 2.30. The van der Waals surface area contributed by atoms with Crippen molar-refractivity contribution in [2.45, 2.75) is 45.3 Å². The fourth-order valence-electron chi connectivity index (χ4n) is 3.56. The smallest absolute Gasteiger partial charge is 0.410 e. The molecule has 0 saturated carbocycles. The molecular formula is C21H24N4O4S. The molecule has 0 radical (unpaired) electrons. The highest BCUT2D eigenvalue weighted by Crippen LogP contribution is 2.31. The number of ether oxygens (including phenoxy) is 1. The van der Waals surface area contributed by atoms with Gasteiger partial charge in [-0.2, -0.15) is 0 Å². The van der Waals surface area contributed by atoms with E-state index in [0.29, 0.717) is 36.8 Å². The SMILES string of the molecule is CC(C)(C)OC(=O)N1CC=C(c2cnc(NC(=O)C3CCC(=O)c4cccn43)s2)C1. The Kier molecular flexibility index (Phi) is 5.23. The molecule has 1 atom stereocenters. The van der Waals surface area contributed by atoms with E-state index >= 15 is 0 Å². The minimum Gasteiger partial charge on any atom is -0.444 e. The van der Waals surface area contributed by atoms with Crippen LogP contribution in [0, 0.1) is 0 Å². The molecule has 0 spiro atoms. The molecule has 0 bridgehead atoms. The van der Waals surface area contributed by atoms with E-state index in [9.17, 15) is 14.4 Å². The lowest BCUT2D eigenvalue weighted by molar-refractivity contribution is -0.119. The first kappa shape index (κ1) is 20.3. The molecule has 0 aromatic carbocycles. The van der Waals surface area contributed by atoms with E-state index in [-0.39, 0.29) is 17.8 Å². The summed E-state index contributed by atoms with van der Waals surface area (Å²) in [5.74, 6) is -0.125. The molecule has 8 nitrogen and oxygen atoms in total. The molecule has 0 fully saturated rings. The lowest BCUT2D eigenvalue weighted by Gasteiger charge is -2.24. The van der Waals surface area contributed by atoms with Crippen LogP contribution in [-0.4, -0.2) is 50.9 Å². The zero-order chi connectivity index (χ0) is 21.5. The molecule has 0 saturated heterocycles. The zero-order valence-corrected chi connectivity index (χ0v) is 18.0. The summed E-state index contributed by atoms with van der Waals surface area (Å²) in [7, 11) is 0. The molecule has 0 aliphatic carbocycles. The molecule has 30 heavy (non-hydrogen) atoms. The van der Waals surface area contributed by atoms with Crippen molar-refractivity contribution in [2.75, 3.05) is 18.4 Å². The number of Topliss-reactive ketones (excluding diaryl/α,β-unsaturated/α-hetero) is 1. The van der Waals surface area contributed by atoms with E-state index in [1.165, 1.54) is 11.3 Å². The fourth-order valence-corrected chi connectivity index (χ4v) is 4.41. The second-order valence-corrected chi connectivity index (χ2v) is 9.42. The molecule has 2 aliphatic rings. The third-order valence-corrected chi connectivity index (χ3v) is 5.96. The van der Waals surface area contributed by atoms with Crippen LogP contribution in [0.4, 0.5) is 9.93 Å². The zero-order valence-electron chi connectivity index (χ0n) is 17.2. The number of nitrogens with zero attached hydrogens (tertiary/aromatic N) is 3. The van der Waals surface area contributed by atoms with E-state index in [4.69, 9.17) is 4.74 Å². The molecule has 1 N–H and O–H groups in total. The highest BCUT2D eigenvalue weighted by molar-refractivity contribution is 7.16. The van der Waals surface area contributed by atoms with Gasteiger partial charge in [0.25, 0.3) is 0 Å². The second kappa shape index (κ2) is 7.71. The van der Waals surface area contributed by atoms with Crippen LogP contribution in [0.25, 0.3) is 5.57 Å². The molecule has 4 heterocycles. The first-order valence-electron chi connectivity index (χ1n) is 9.85. The average molecular weight is 429 g/mol. The van der Waals surface area contributed by atoms with Gasteiger partial charge >= 0.3 is 6.09 Å². The Morgan fingerprint density at radius 2 is 2.13 bits per heavy atom. The molecule has 2 aromatic rings. The number of amides is 2. The Morgan fingerprint density at radius 3 is 2.90 bits per heavy atom. The number of fused-ring (bicyclic) bond motifs is 1. The summed E-state index contributed by atoms with van der Waals surface area (Å²) in [6.07, 6.45) is 5.93. The lowest BCUT2D eigenvalue weighted by Crippen LogP contribution is -2.35. The number of anilines is 1. The van der Waals surface area contributed by atoms with Crippen LogP contribution >= 0.6 is 11.3 Å². The van der Waals surface area contributed by atoms with Crippen LogP contribution in [0.3, 0.4) is 0 Å². The van der Waals surface area contributed by atoms with Gasteiger partial charge in [-0.15, -0.1) is 0 Å². The summed E-state index contributed by atoms with van der Waals surface area (Å²) < 4.78 is 7.15. The van der Waals surface area contributed by atoms with Crippen molar-refractivity contribution in [3.63, 3.8) is 0 Å². The van der Waals surface area contributed by atoms with E-state index < -0.39 is 11.6 Å². The molecule has 2 amide bonds. The monoisotopic (exact) mass is 428 g/mol. The summed E-state index contributed by atoms with van der Waals surface area (Å²) in [6.45, 7) is 6.45. The third kappa shape index (κ3) is 4.16. The van der Waals surface area contributed by atoms with Gasteiger partial charge in [0, 0.05) is 25.4 Å². The number of ketones is 1. The first-order chi connectivity index (χ1) is 14.2. The number of carbonyl (C=O) groups excluding carboxylic acids is 3. The van der Waals surface area contributed by atoms with Gasteiger partial charge in [0.15, 0.2) is 10.9 Å². The maximum Gasteiger partial charge on any atom is 0.410 e. The van der Waals surface area contributed by atoms with Gasteiger partial charge in [-0.25, -0.2) is 9.78 Å². The molecular weight excluding hydrogens is 404 g/mol. The summed E-state index contributed by atoms with van der Waals surface area (Å²) in [5.41, 5.74) is 1.01. The van der Waals surface area contributed by atoms with Crippen LogP contribution in [-0.2, 0) is 9.53 Å². The van der Waals surface area contributed by atoms with Crippen molar-refractivity contribution in [2.24, 2.45) is 0 Å². The summed E-state index contributed by atoms with van der Waals surface area (Å²) in [5, 5.41) is 3.37. The predicted octanol–water partition coefficient (Wildman–Crippen LogP) is 3.74. The maximum atomic E-state index is 12.8. The van der Waals surface area contributed by atoms with Crippen LogP contribution < -0.4 is 5.32 Å². The van der Waals surface area contributed by atoms with E-state index in [1.807, 2.05) is 26.8 Å². The number of nitrogens with one attached hydrogen (secondary N) is 1. The quantitative estimate of drug-likeness (QED) is 0.804. The topological polar surface area (TPSA) is 93.5 Å². The van der Waals surface area contributed by atoms with Gasteiger partial charge in [-0.1, -0.05) is 17.4 Å². The predicted molar refractivity (Wildman–Crippen MR) is 114 cm³/mol. The molecule has 4 rings (SSSR count). The molecule has 2 aromatic heterocycles. The van der Waals surface area contributed by atoms with Crippen molar-refractivity contribution in [1.29, 1.82) is 0 Å². The third-order valence-electron chi connectivity index (χ3n) is 4.97. The van der Waals surface area contributed by atoms with Gasteiger partial charge in [0.2, 0.25) is 5.91 Å². The minimum atomic E-state index is -0.537. The molecule has 1 unspecified atom stereocenters. The average Bonchev–Trinajstić information content (AvgIpc) is 3.40. The van der Waals surface area contributed by atoms with E-state index in [1.54, 1.807) is 34.0 Å². The minimum absolute atomic E-state index is 0.0586. The number of hydrogen-bond acceptors (Lipinski definition) is 6. The summed E-state index contributed by atoms with van der Waals surface area (Å²) >= 11 is 1.37. The van der Waals surface area contributed by atoms with Crippen molar-refractivity contribution >= 4 is 39.8 Å². The molecule has 158 valence electrons. The Balaban J connectivity index is 1.39. The van der Waals surface area contributed by atoms with Crippen LogP contribution in [0.15, 0.2) is 30.6 Å². The van der Waals surface area contributed by atoms with Gasteiger partial charge in [-0.05, 0) is 44.9 Å². The van der Waals surface area contributed by atoms with Gasteiger partial charge in [0.05, 0.1) is 17.1 Å². The Labute approximate surface area is 178 Å². The number of hydrogen-bond donors (Lipinski definition) is 1. The highest BCUT2D eigenvalue weighted by atomic mass is 32.1. The maximum absolute atomic E-state index is 12.8. The Morgan fingerprint density at radius 1 is 1.33 bits per heavy atom. The number of aromatic nitrogens is 2. The first-order valence-corrected chi connectivity index (χ1v) is 10.7. The van der Waals surface area contributed by atoms with Gasteiger partial charge < -0.3 is 19.5 Å². The normalized spacial score (nSPS) is 18.8. The van der Waals surface area contributed by atoms with Gasteiger partial charge in [0.1, 0.15) is 11.6 Å². The second-order valence-electron chi connectivity index (χ2n) is 8.39. The fraction of sp³-hybridized carbons (Fsp3) is 0.429. The van der Waals surface area contributed by atoms with Crippen molar-refractivity contribution in [3.05, 3.63) is 41.2 Å². The van der Waals surface area contributed by atoms with Crippen LogP contribution in [0.5, 0.6) is 0 Å². The van der Waals surface area contributed by atoms with Crippen LogP contribution in [0.2, 0.25) is 0 Å². The summed E-state index contributed by atoms with van der Waals surface area (Å²) in [6, 6.07) is 3.10. The number of thiazole rings is 1. The Bertz CT molecular complexity index is 1030. The standard InChI is InChI=1S/C21H24N4O4S/c1-21(2,3)29-20(28)24-10-8-13(12-24)17-11-22-19(30-17)23-18(27)15-6-7-16(26)14-5-4-9-25(14)15/h4-5,8-9,11,15H,6-7,10,12H2,1-3H3,(H,22,23,27). The van der Waals surface area contributed by atoms with E-state index in [2.05, 4.69) is 10.3 Å². The van der Waals surface area contributed by atoms with Crippen molar-refractivity contribution < 1.29 is 19.1 Å². The van der Waals surface area contributed by atoms with Gasteiger partial charge in [-0.3, -0.25) is 9.59 Å². The molecule has 2 aliphatic heterocycles. The lowest BCUT2D eigenvalue weighted by atomic mass is 10.0.